The Hall–Kier alpha value is -2.41. The topological polar surface area (TPSA) is 68.5 Å². The van der Waals surface area contributed by atoms with Crippen LogP contribution in [0.2, 0.25) is 0 Å². The van der Waals surface area contributed by atoms with Crippen LogP contribution in [0.15, 0.2) is 18.2 Å². The van der Waals surface area contributed by atoms with Crippen molar-refractivity contribution in [3.05, 3.63) is 45.7 Å². The fourth-order valence-corrected chi connectivity index (χ4v) is 3.45. The number of imidazole rings is 1. The lowest BCUT2D eigenvalue weighted by Gasteiger charge is -2.09. The normalized spacial score (nSPS) is 11.0. The molecule has 0 aliphatic rings. The molecule has 0 fully saturated rings. The van der Waals surface area contributed by atoms with Gasteiger partial charge in [0.05, 0.1) is 25.0 Å². The average Bonchev–Trinajstić information content (AvgIpc) is 3.09. The quantitative estimate of drug-likeness (QED) is 0.773. The summed E-state index contributed by atoms with van der Waals surface area (Å²) < 4.78 is 7.01. The number of benzene rings is 1. The van der Waals surface area contributed by atoms with Gasteiger partial charge in [-0.3, -0.25) is 4.79 Å². The van der Waals surface area contributed by atoms with Crippen molar-refractivity contribution >= 4 is 22.2 Å². The van der Waals surface area contributed by atoms with Crippen LogP contribution in [0.4, 0.5) is 0 Å². The number of rotatable bonds is 5. The number of aryl methyl sites for hydroxylation is 3. The van der Waals surface area contributed by atoms with Gasteiger partial charge in [-0.2, -0.15) is 5.10 Å². The SMILES string of the molecule is CCc1nn2c(CNC(=O)c3ccc(OC)cc3C)c(C)nc2s1. The molecule has 6 nitrogen and oxygen atoms in total. The fourth-order valence-electron chi connectivity index (χ4n) is 2.55. The van der Waals surface area contributed by atoms with E-state index in [1.54, 1.807) is 30.6 Å². The number of methoxy groups -OCH3 is 1. The van der Waals surface area contributed by atoms with E-state index in [1.807, 2.05) is 24.4 Å². The molecule has 2 aromatic heterocycles. The summed E-state index contributed by atoms with van der Waals surface area (Å²) in [6.07, 6.45) is 0.879. The van der Waals surface area contributed by atoms with Gasteiger partial charge in [0.1, 0.15) is 10.8 Å². The van der Waals surface area contributed by atoms with Gasteiger partial charge in [-0.15, -0.1) is 0 Å². The molecule has 126 valence electrons. The third-order valence-corrected chi connectivity index (χ3v) is 4.99. The van der Waals surface area contributed by atoms with Gasteiger partial charge < -0.3 is 10.1 Å². The maximum Gasteiger partial charge on any atom is 0.251 e. The number of amides is 1. The molecule has 0 unspecified atom stereocenters. The largest absolute Gasteiger partial charge is 0.497 e. The number of aromatic nitrogens is 3. The summed E-state index contributed by atoms with van der Waals surface area (Å²) in [6, 6.07) is 5.42. The van der Waals surface area contributed by atoms with Gasteiger partial charge in [0, 0.05) is 5.56 Å². The molecule has 0 saturated carbocycles. The van der Waals surface area contributed by atoms with E-state index in [-0.39, 0.29) is 5.91 Å². The van der Waals surface area contributed by atoms with Crippen LogP contribution in [0.3, 0.4) is 0 Å². The summed E-state index contributed by atoms with van der Waals surface area (Å²) in [5.74, 6) is 0.627. The Labute approximate surface area is 144 Å². The van der Waals surface area contributed by atoms with Gasteiger partial charge >= 0.3 is 0 Å². The van der Waals surface area contributed by atoms with Gasteiger partial charge in [-0.1, -0.05) is 18.3 Å². The van der Waals surface area contributed by atoms with Crippen LogP contribution in [-0.4, -0.2) is 27.6 Å². The number of nitrogens with zero attached hydrogens (tertiary/aromatic N) is 3. The summed E-state index contributed by atoms with van der Waals surface area (Å²) in [5.41, 5.74) is 3.33. The Morgan fingerprint density at radius 3 is 2.83 bits per heavy atom. The molecule has 0 aliphatic carbocycles. The second-order valence-corrected chi connectivity index (χ2v) is 6.59. The Balaban J connectivity index is 1.79. The molecule has 1 N–H and O–H groups in total. The third-order valence-electron chi connectivity index (χ3n) is 3.94. The van der Waals surface area contributed by atoms with Gasteiger partial charge in [-0.05, 0) is 44.0 Å². The smallest absolute Gasteiger partial charge is 0.251 e. The van der Waals surface area contributed by atoms with E-state index in [4.69, 9.17) is 4.74 Å². The number of hydrogen-bond donors (Lipinski definition) is 1. The van der Waals surface area contributed by atoms with E-state index in [0.717, 1.165) is 39.1 Å². The van der Waals surface area contributed by atoms with Crippen LogP contribution < -0.4 is 10.1 Å². The van der Waals surface area contributed by atoms with E-state index >= 15 is 0 Å². The molecule has 0 atom stereocenters. The zero-order valence-corrected chi connectivity index (χ0v) is 15.0. The maximum atomic E-state index is 12.5. The molecule has 0 saturated heterocycles. The van der Waals surface area contributed by atoms with Crippen molar-refractivity contribution in [1.29, 1.82) is 0 Å². The van der Waals surface area contributed by atoms with Gasteiger partial charge in [0.2, 0.25) is 4.96 Å². The summed E-state index contributed by atoms with van der Waals surface area (Å²) in [4.78, 5) is 17.9. The zero-order chi connectivity index (χ0) is 17.3. The van der Waals surface area contributed by atoms with E-state index in [0.29, 0.717) is 12.1 Å². The first-order chi connectivity index (χ1) is 11.5. The molecular formula is C17H20N4O2S. The first kappa shape index (κ1) is 16.4. The highest BCUT2D eigenvalue weighted by Crippen LogP contribution is 2.20. The minimum absolute atomic E-state index is 0.115. The Morgan fingerprint density at radius 1 is 1.38 bits per heavy atom. The summed E-state index contributed by atoms with van der Waals surface area (Å²) in [6.45, 7) is 6.30. The van der Waals surface area contributed by atoms with E-state index < -0.39 is 0 Å². The highest BCUT2D eigenvalue weighted by molar-refractivity contribution is 7.16. The second-order valence-electron chi connectivity index (χ2n) is 5.55. The van der Waals surface area contributed by atoms with Crippen LogP contribution >= 0.6 is 11.3 Å². The lowest BCUT2D eigenvalue weighted by molar-refractivity contribution is 0.0949. The average molecular weight is 344 g/mol. The minimum atomic E-state index is -0.115. The number of ether oxygens (including phenoxy) is 1. The predicted octanol–water partition coefficient (Wildman–Crippen LogP) is 2.91. The van der Waals surface area contributed by atoms with Crippen LogP contribution in [0.1, 0.15) is 39.2 Å². The van der Waals surface area contributed by atoms with E-state index in [2.05, 4.69) is 22.3 Å². The third kappa shape index (κ3) is 2.99. The van der Waals surface area contributed by atoms with Crippen LogP contribution in [0.5, 0.6) is 5.75 Å². The van der Waals surface area contributed by atoms with Crippen molar-refractivity contribution in [2.24, 2.45) is 0 Å². The van der Waals surface area contributed by atoms with Crippen molar-refractivity contribution in [3.63, 3.8) is 0 Å². The highest BCUT2D eigenvalue weighted by Gasteiger charge is 2.15. The lowest BCUT2D eigenvalue weighted by atomic mass is 10.1. The highest BCUT2D eigenvalue weighted by atomic mass is 32.1. The predicted molar refractivity (Wildman–Crippen MR) is 93.9 cm³/mol. The summed E-state index contributed by atoms with van der Waals surface area (Å²) >= 11 is 1.58. The Kier molecular flexibility index (Phi) is 4.53. The fraction of sp³-hybridized carbons (Fsp3) is 0.353. The number of nitrogens with one attached hydrogen (secondary N) is 1. The van der Waals surface area contributed by atoms with E-state index in [1.165, 1.54) is 0 Å². The molecule has 0 bridgehead atoms. The lowest BCUT2D eigenvalue weighted by Crippen LogP contribution is -2.24. The van der Waals surface area contributed by atoms with Crippen LogP contribution in [0, 0.1) is 13.8 Å². The van der Waals surface area contributed by atoms with Crippen molar-refractivity contribution in [2.45, 2.75) is 33.7 Å². The zero-order valence-electron chi connectivity index (χ0n) is 14.2. The van der Waals surface area contributed by atoms with Crippen molar-refractivity contribution < 1.29 is 9.53 Å². The van der Waals surface area contributed by atoms with Crippen LogP contribution in [-0.2, 0) is 13.0 Å². The van der Waals surface area contributed by atoms with Crippen LogP contribution in [0.25, 0.3) is 4.96 Å². The monoisotopic (exact) mass is 344 g/mol. The molecule has 1 amide bonds. The minimum Gasteiger partial charge on any atom is -0.497 e. The van der Waals surface area contributed by atoms with E-state index in [9.17, 15) is 4.79 Å². The number of fused-ring (bicyclic) bond motifs is 1. The van der Waals surface area contributed by atoms with Gasteiger partial charge in [0.25, 0.3) is 5.91 Å². The molecule has 7 heteroatoms. The van der Waals surface area contributed by atoms with Gasteiger partial charge in [-0.25, -0.2) is 9.50 Å². The van der Waals surface area contributed by atoms with Crippen molar-refractivity contribution in [2.75, 3.05) is 7.11 Å². The molecule has 3 rings (SSSR count). The maximum absolute atomic E-state index is 12.5. The molecule has 2 heterocycles. The molecule has 1 aromatic carbocycles. The molecule has 3 aromatic rings. The molecule has 0 aliphatic heterocycles. The number of hydrogen-bond acceptors (Lipinski definition) is 5. The first-order valence-electron chi connectivity index (χ1n) is 7.80. The molecule has 0 radical (unpaired) electrons. The summed E-state index contributed by atoms with van der Waals surface area (Å²) in [7, 11) is 1.61. The molecule has 24 heavy (non-hydrogen) atoms. The molecular weight excluding hydrogens is 324 g/mol. The number of carbonyl (C=O) groups excluding carboxylic acids is 1. The second kappa shape index (κ2) is 6.60. The first-order valence-corrected chi connectivity index (χ1v) is 8.62. The Morgan fingerprint density at radius 2 is 2.17 bits per heavy atom. The standard InChI is InChI=1S/C17H20N4O2S/c1-5-15-20-21-14(11(3)19-17(21)24-15)9-18-16(22)13-7-6-12(23-4)8-10(13)2/h6-8H,5,9H2,1-4H3,(H,18,22). The number of carbonyl (C=O) groups is 1. The summed E-state index contributed by atoms with van der Waals surface area (Å²) in [5, 5.41) is 8.55. The van der Waals surface area contributed by atoms with Crippen molar-refractivity contribution in [3.8, 4) is 5.75 Å². The Bertz CT molecular complexity index is 898. The van der Waals surface area contributed by atoms with Gasteiger partial charge in [0.15, 0.2) is 0 Å². The molecule has 0 spiro atoms. The van der Waals surface area contributed by atoms with Crippen molar-refractivity contribution in [1.82, 2.24) is 19.9 Å².